The molecule has 8 nitrogen and oxygen atoms in total. The molecule has 3 heterocycles. The van der Waals surface area contributed by atoms with Crippen molar-refractivity contribution in [3.63, 3.8) is 0 Å². The smallest absolute Gasteiger partial charge is 0.245 e. The second-order valence-corrected chi connectivity index (χ2v) is 11.9. The molecule has 38 heavy (non-hydrogen) atoms. The number of aromatic nitrogens is 2. The molecule has 1 aliphatic carbocycles. The van der Waals surface area contributed by atoms with Gasteiger partial charge in [0.1, 0.15) is 17.3 Å². The molecule has 190 valence electrons. The third-order valence-corrected chi connectivity index (χ3v) is 9.33. The van der Waals surface area contributed by atoms with E-state index in [0.717, 1.165) is 15.7 Å². The maximum absolute atomic E-state index is 13.7. The van der Waals surface area contributed by atoms with Crippen LogP contribution in [0.25, 0.3) is 0 Å². The van der Waals surface area contributed by atoms with Gasteiger partial charge in [0.15, 0.2) is 10.1 Å². The Hall–Kier alpha value is -3.94. The summed E-state index contributed by atoms with van der Waals surface area (Å²) in [5, 5.41) is 22.6. The lowest BCUT2D eigenvalue weighted by Gasteiger charge is -2.42. The Bertz CT molecular complexity index is 1630. The largest absolute Gasteiger partial charge is 0.384 e. The minimum Gasteiger partial charge on any atom is -0.384 e. The van der Waals surface area contributed by atoms with Crippen molar-refractivity contribution in [1.29, 1.82) is 5.26 Å². The van der Waals surface area contributed by atoms with Gasteiger partial charge in [-0.2, -0.15) is 5.26 Å². The molecular weight excluding hydrogens is 516 g/mol. The van der Waals surface area contributed by atoms with E-state index in [0.29, 0.717) is 46.9 Å². The maximum atomic E-state index is 13.7. The summed E-state index contributed by atoms with van der Waals surface area (Å²) in [7, 11) is 0. The average molecular weight is 541 g/mol. The van der Waals surface area contributed by atoms with Crippen LogP contribution in [0.4, 0.5) is 10.8 Å². The van der Waals surface area contributed by atoms with Crippen LogP contribution in [0.15, 0.2) is 69.5 Å². The molecule has 0 saturated heterocycles. The van der Waals surface area contributed by atoms with E-state index in [-0.39, 0.29) is 17.2 Å². The number of nitrogens with one attached hydrogen (secondary N) is 1. The summed E-state index contributed by atoms with van der Waals surface area (Å²) in [6.45, 7) is 3.98. The number of anilines is 2. The summed E-state index contributed by atoms with van der Waals surface area (Å²) in [6.07, 6.45) is 1.45. The molecule has 1 aromatic heterocycles. The number of aryl methyl sites for hydroxylation is 2. The van der Waals surface area contributed by atoms with Crippen LogP contribution in [0.3, 0.4) is 0 Å². The molecule has 10 heteroatoms. The molecule has 3 aliphatic rings. The zero-order valence-corrected chi connectivity index (χ0v) is 22.5. The van der Waals surface area contributed by atoms with E-state index in [4.69, 9.17) is 5.73 Å². The van der Waals surface area contributed by atoms with Gasteiger partial charge >= 0.3 is 0 Å². The number of ketones is 1. The Morgan fingerprint density at radius 3 is 2.76 bits per heavy atom. The van der Waals surface area contributed by atoms with E-state index in [2.05, 4.69) is 46.7 Å². The molecule has 2 aromatic carbocycles. The first-order chi connectivity index (χ1) is 18.3. The number of rotatable bonds is 4. The van der Waals surface area contributed by atoms with Crippen LogP contribution in [0, 0.1) is 25.2 Å². The molecule has 3 aromatic rings. The summed E-state index contributed by atoms with van der Waals surface area (Å²) in [5.41, 5.74) is 10.6. The second kappa shape index (κ2) is 9.11. The van der Waals surface area contributed by atoms with Crippen molar-refractivity contribution in [2.75, 3.05) is 10.2 Å². The van der Waals surface area contributed by atoms with E-state index in [1.54, 1.807) is 16.7 Å². The fraction of sp³-hybridized carbons (Fsp3) is 0.250. The topological polar surface area (TPSA) is 125 Å². The van der Waals surface area contributed by atoms with Gasteiger partial charge < -0.3 is 11.1 Å². The zero-order valence-electron chi connectivity index (χ0n) is 20.9. The number of Topliss-reactive ketones (excluding diaryl/α,β-unsaturated/α-hetero) is 1. The monoisotopic (exact) mass is 540 g/mol. The van der Waals surface area contributed by atoms with Gasteiger partial charge in [0, 0.05) is 34.7 Å². The maximum Gasteiger partial charge on any atom is 0.245 e. The predicted octanol–water partition coefficient (Wildman–Crippen LogP) is 4.86. The molecule has 3 N–H and O–H groups in total. The van der Waals surface area contributed by atoms with Crippen LogP contribution >= 0.6 is 23.1 Å². The molecule has 1 amide bonds. The van der Waals surface area contributed by atoms with Crippen LogP contribution < -0.4 is 16.0 Å². The van der Waals surface area contributed by atoms with Gasteiger partial charge in [0.2, 0.25) is 11.0 Å². The Kier molecular flexibility index (Phi) is 5.85. The van der Waals surface area contributed by atoms with Gasteiger partial charge in [-0.15, -0.1) is 10.2 Å². The lowest BCUT2D eigenvalue weighted by Crippen LogP contribution is -2.50. The fourth-order valence-corrected chi connectivity index (χ4v) is 7.44. The average Bonchev–Trinajstić information content (AvgIpc) is 3.46. The number of hydrogen-bond donors (Lipinski definition) is 2. The van der Waals surface area contributed by atoms with Crippen LogP contribution in [-0.4, -0.2) is 21.9 Å². The normalized spacial score (nSPS) is 20.5. The summed E-state index contributed by atoms with van der Waals surface area (Å²) < 4.78 is 0.747. The van der Waals surface area contributed by atoms with Crippen molar-refractivity contribution in [3.8, 4) is 6.07 Å². The molecule has 0 unspecified atom stereocenters. The van der Waals surface area contributed by atoms with E-state index in [1.165, 1.54) is 22.5 Å². The van der Waals surface area contributed by atoms with Crippen molar-refractivity contribution >= 4 is 45.6 Å². The summed E-state index contributed by atoms with van der Waals surface area (Å²) in [5.74, 6) is 0.264. The van der Waals surface area contributed by atoms with Crippen molar-refractivity contribution < 1.29 is 9.59 Å². The van der Waals surface area contributed by atoms with Crippen molar-refractivity contribution in [2.45, 2.75) is 48.6 Å². The number of amides is 1. The highest BCUT2D eigenvalue weighted by Crippen LogP contribution is 2.55. The fourth-order valence-electron chi connectivity index (χ4n) is 5.62. The molecule has 0 saturated carbocycles. The van der Waals surface area contributed by atoms with Gasteiger partial charge in [-0.25, -0.2) is 0 Å². The quantitative estimate of drug-likeness (QED) is 0.450. The molecule has 0 bridgehead atoms. The molecule has 6 rings (SSSR count). The standard InChI is InChI=1S/C28H24N6O2S2/c1-15-5-3-6-17(11-15)14-37-27-33-32-26(38-27)34-21-7-4-8-22(35)23(21)28(19(13-29)24(34)30)18-12-16(2)9-10-20(18)31-25(28)36/h3,5-6,9-12H,4,7-8,14,30H2,1-2H3,(H,31,36)/t28-/m1/s1. The lowest BCUT2D eigenvalue weighted by atomic mass is 9.64. The number of nitrogens with two attached hydrogens (primary N) is 1. The number of nitriles is 1. The van der Waals surface area contributed by atoms with E-state index in [9.17, 15) is 14.9 Å². The lowest BCUT2D eigenvalue weighted by molar-refractivity contribution is -0.122. The van der Waals surface area contributed by atoms with Gasteiger partial charge in [-0.1, -0.05) is 70.6 Å². The molecule has 0 fully saturated rings. The molecular formula is C28H24N6O2S2. The van der Waals surface area contributed by atoms with Crippen LogP contribution in [0.1, 0.15) is 41.5 Å². The summed E-state index contributed by atoms with van der Waals surface area (Å²) in [4.78, 5) is 29.0. The number of benzene rings is 2. The first kappa shape index (κ1) is 24.4. The zero-order chi connectivity index (χ0) is 26.6. The number of allylic oxidation sites excluding steroid dienone is 1. The highest BCUT2D eigenvalue weighted by Gasteiger charge is 2.60. The Morgan fingerprint density at radius 2 is 1.97 bits per heavy atom. The predicted molar refractivity (Wildman–Crippen MR) is 147 cm³/mol. The van der Waals surface area contributed by atoms with Crippen molar-refractivity contribution in [3.05, 3.63) is 87.4 Å². The molecule has 0 radical (unpaired) electrons. The SMILES string of the molecule is Cc1cccc(CSc2nnc(N3C(N)=C(C#N)[C@@]4(C(=O)Nc5ccc(C)cc54)C4=C3CCCC4=O)s2)c1. The minimum absolute atomic E-state index is 0.0394. The second-order valence-electron chi connectivity index (χ2n) is 9.69. The summed E-state index contributed by atoms with van der Waals surface area (Å²) in [6, 6.07) is 16.1. The number of thioether (sulfide) groups is 1. The first-order valence-electron chi connectivity index (χ1n) is 12.3. The highest BCUT2D eigenvalue weighted by atomic mass is 32.2. The van der Waals surface area contributed by atoms with Gasteiger partial charge in [0.05, 0.1) is 5.57 Å². The van der Waals surface area contributed by atoms with Gasteiger partial charge in [-0.05, 0) is 38.3 Å². The number of fused-ring (bicyclic) bond motifs is 3. The van der Waals surface area contributed by atoms with Crippen LogP contribution in [0.2, 0.25) is 0 Å². The van der Waals surface area contributed by atoms with Gasteiger partial charge in [-0.3, -0.25) is 14.5 Å². The minimum atomic E-state index is -1.57. The third kappa shape index (κ3) is 3.57. The Balaban J connectivity index is 1.47. The highest BCUT2D eigenvalue weighted by molar-refractivity contribution is 8.00. The van der Waals surface area contributed by atoms with E-state index >= 15 is 0 Å². The number of carbonyl (C=O) groups is 2. The Labute approximate surface area is 228 Å². The summed E-state index contributed by atoms with van der Waals surface area (Å²) >= 11 is 2.92. The molecule has 1 atom stereocenters. The molecule has 1 spiro atoms. The van der Waals surface area contributed by atoms with Gasteiger partial charge in [0.25, 0.3) is 0 Å². The number of carbonyl (C=O) groups excluding carboxylic acids is 2. The third-order valence-electron chi connectivity index (χ3n) is 7.21. The molecule has 2 aliphatic heterocycles. The number of hydrogen-bond acceptors (Lipinski definition) is 9. The van der Waals surface area contributed by atoms with E-state index < -0.39 is 11.3 Å². The first-order valence-corrected chi connectivity index (χ1v) is 14.1. The van der Waals surface area contributed by atoms with Crippen LogP contribution in [-0.2, 0) is 20.8 Å². The van der Waals surface area contributed by atoms with Crippen molar-refractivity contribution in [1.82, 2.24) is 10.2 Å². The number of nitrogens with zero attached hydrogens (tertiary/aromatic N) is 4. The van der Waals surface area contributed by atoms with Crippen molar-refractivity contribution in [2.24, 2.45) is 5.73 Å². The van der Waals surface area contributed by atoms with E-state index in [1.807, 2.05) is 31.2 Å². The van der Waals surface area contributed by atoms with Crippen LogP contribution in [0.5, 0.6) is 0 Å². The Morgan fingerprint density at radius 1 is 1.16 bits per heavy atom.